The van der Waals surface area contributed by atoms with Crippen LogP contribution < -0.4 is 5.32 Å². The predicted molar refractivity (Wildman–Crippen MR) is 70.6 cm³/mol. The molecule has 94 valence electrons. The lowest BCUT2D eigenvalue weighted by Crippen LogP contribution is -2.07. The Labute approximate surface area is 102 Å². The molecule has 1 aromatic carbocycles. The SMILES string of the molecule is CCCNc1c(CC)cc([N+](=O)[O-])cc1CC. The molecule has 0 aliphatic carbocycles. The van der Waals surface area contributed by atoms with Crippen molar-refractivity contribution in [3.8, 4) is 0 Å². The van der Waals surface area contributed by atoms with E-state index in [9.17, 15) is 10.1 Å². The molecule has 1 N–H and O–H groups in total. The van der Waals surface area contributed by atoms with Crippen molar-refractivity contribution in [2.75, 3.05) is 11.9 Å². The highest BCUT2D eigenvalue weighted by Gasteiger charge is 2.14. The first-order valence-electron chi connectivity index (χ1n) is 6.18. The summed E-state index contributed by atoms with van der Waals surface area (Å²) in [7, 11) is 0. The van der Waals surface area contributed by atoms with Gasteiger partial charge in [-0.2, -0.15) is 0 Å². The van der Waals surface area contributed by atoms with E-state index in [4.69, 9.17) is 0 Å². The van der Waals surface area contributed by atoms with E-state index in [1.54, 1.807) is 12.1 Å². The van der Waals surface area contributed by atoms with Gasteiger partial charge in [-0.1, -0.05) is 20.8 Å². The number of aryl methyl sites for hydroxylation is 2. The van der Waals surface area contributed by atoms with E-state index in [1.165, 1.54) is 0 Å². The molecule has 0 amide bonds. The van der Waals surface area contributed by atoms with Crippen LogP contribution in [0.2, 0.25) is 0 Å². The number of rotatable bonds is 6. The highest BCUT2D eigenvalue weighted by molar-refractivity contribution is 5.62. The monoisotopic (exact) mass is 236 g/mol. The van der Waals surface area contributed by atoms with Crippen molar-refractivity contribution in [1.82, 2.24) is 0 Å². The van der Waals surface area contributed by atoms with Crippen LogP contribution in [0.15, 0.2) is 12.1 Å². The quantitative estimate of drug-likeness (QED) is 0.607. The highest BCUT2D eigenvalue weighted by Crippen LogP contribution is 2.28. The van der Waals surface area contributed by atoms with Gasteiger partial charge in [0.25, 0.3) is 5.69 Å². The maximum Gasteiger partial charge on any atom is 0.270 e. The molecule has 0 spiro atoms. The minimum Gasteiger partial charge on any atom is -0.385 e. The van der Waals surface area contributed by atoms with Crippen LogP contribution in [0, 0.1) is 10.1 Å². The fraction of sp³-hybridized carbons (Fsp3) is 0.538. The van der Waals surface area contributed by atoms with Gasteiger partial charge >= 0.3 is 0 Å². The summed E-state index contributed by atoms with van der Waals surface area (Å²) in [6.45, 7) is 7.05. The average molecular weight is 236 g/mol. The summed E-state index contributed by atoms with van der Waals surface area (Å²) >= 11 is 0. The lowest BCUT2D eigenvalue weighted by atomic mass is 10.0. The minimum absolute atomic E-state index is 0.195. The molecule has 1 aromatic rings. The summed E-state index contributed by atoms with van der Waals surface area (Å²) in [4.78, 5) is 10.5. The van der Waals surface area contributed by atoms with Crippen LogP contribution in [0.3, 0.4) is 0 Å². The van der Waals surface area contributed by atoms with E-state index >= 15 is 0 Å². The third-order valence-corrected chi connectivity index (χ3v) is 2.81. The Morgan fingerprint density at radius 1 is 1.18 bits per heavy atom. The molecule has 0 heterocycles. The van der Waals surface area contributed by atoms with Crippen molar-refractivity contribution in [2.24, 2.45) is 0 Å². The number of nitrogens with one attached hydrogen (secondary N) is 1. The molecule has 0 saturated heterocycles. The van der Waals surface area contributed by atoms with E-state index in [2.05, 4.69) is 12.2 Å². The zero-order chi connectivity index (χ0) is 12.8. The zero-order valence-corrected chi connectivity index (χ0v) is 10.7. The third kappa shape index (κ3) is 3.19. The molecule has 0 aliphatic heterocycles. The largest absolute Gasteiger partial charge is 0.385 e. The number of anilines is 1. The van der Waals surface area contributed by atoms with E-state index in [-0.39, 0.29) is 10.6 Å². The molecule has 0 fully saturated rings. The Morgan fingerprint density at radius 2 is 1.71 bits per heavy atom. The second-order valence-corrected chi connectivity index (χ2v) is 4.03. The van der Waals surface area contributed by atoms with Crippen LogP contribution in [0.25, 0.3) is 0 Å². The second kappa shape index (κ2) is 6.23. The van der Waals surface area contributed by atoms with Gasteiger partial charge in [-0.3, -0.25) is 10.1 Å². The van der Waals surface area contributed by atoms with Gasteiger partial charge < -0.3 is 5.32 Å². The van der Waals surface area contributed by atoms with Crippen LogP contribution in [-0.2, 0) is 12.8 Å². The Morgan fingerprint density at radius 3 is 2.06 bits per heavy atom. The molecule has 0 aromatic heterocycles. The van der Waals surface area contributed by atoms with Crippen molar-refractivity contribution in [3.05, 3.63) is 33.4 Å². The maximum absolute atomic E-state index is 10.8. The molecular weight excluding hydrogens is 216 g/mol. The molecular formula is C13H20N2O2. The summed E-state index contributed by atoms with van der Waals surface area (Å²) < 4.78 is 0. The molecule has 4 heteroatoms. The van der Waals surface area contributed by atoms with Crippen molar-refractivity contribution in [2.45, 2.75) is 40.0 Å². The average Bonchev–Trinajstić information content (AvgIpc) is 2.34. The van der Waals surface area contributed by atoms with Crippen molar-refractivity contribution in [3.63, 3.8) is 0 Å². The number of nitrogens with zero attached hydrogens (tertiary/aromatic N) is 1. The smallest absolute Gasteiger partial charge is 0.270 e. The Hall–Kier alpha value is -1.58. The van der Waals surface area contributed by atoms with Gasteiger partial charge in [-0.25, -0.2) is 0 Å². The van der Waals surface area contributed by atoms with E-state index in [0.29, 0.717) is 0 Å². The summed E-state index contributed by atoms with van der Waals surface area (Å²) in [5.74, 6) is 0. The fourth-order valence-electron chi connectivity index (χ4n) is 1.89. The summed E-state index contributed by atoms with van der Waals surface area (Å²) in [6, 6.07) is 3.36. The standard InChI is InChI=1S/C13H20N2O2/c1-4-7-14-13-10(5-2)8-12(15(16)17)9-11(13)6-3/h8-9,14H,4-7H2,1-3H3. The summed E-state index contributed by atoms with van der Waals surface area (Å²) in [6.07, 6.45) is 2.66. The maximum atomic E-state index is 10.8. The normalized spacial score (nSPS) is 10.3. The molecule has 0 saturated carbocycles. The van der Waals surface area contributed by atoms with Gasteiger partial charge in [0.05, 0.1) is 4.92 Å². The fourth-order valence-corrected chi connectivity index (χ4v) is 1.89. The first-order valence-corrected chi connectivity index (χ1v) is 6.18. The number of nitro benzene ring substituents is 1. The van der Waals surface area contributed by atoms with E-state index in [0.717, 1.165) is 42.6 Å². The Kier molecular flexibility index (Phi) is 4.94. The van der Waals surface area contributed by atoms with Crippen molar-refractivity contribution >= 4 is 11.4 Å². The number of nitro groups is 1. The van der Waals surface area contributed by atoms with E-state index < -0.39 is 0 Å². The number of benzene rings is 1. The summed E-state index contributed by atoms with van der Waals surface area (Å²) in [5.41, 5.74) is 3.34. The molecule has 17 heavy (non-hydrogen) atoms. The van der Waals surface area contributed by atoms with Crippen LogP contribution in [0.5, 0.6) is 0 Å². The molecule has 0 unspecified atom stereocenters. The van der Waals surface area contributed by atoms with Gasteiger partial charge in [0.15, 0.2) is 0 Å². The minimum atomic E-state index is -0.318. The molecule has 0 radical (unpaired) electrons. The molecule has 1 rings (SSSR count). The van der Waals surface area contributed by atoms with Crippen molar-refractivity contribution in [1.29, 1.82) is 0 Å². The van der Waals surface area contributed by atoms with Gasteiger partial charge in [0, 0.05) is 24.4 Å². The first-order chi connectivity index (χ1) is 8.13. The number of hydrogen-bond donors (Lipinski definition) is 1. The Bertz CT molecular complexity index is 377. The first kappa shape index (κ1) is 13.5. The van der Waals surface area contributed by atoms with E-state index in [1.807, 2.05) is 13.8 Å². The van der Waals surface area contributed by atoms with Gasteiger partial charge in [-0.05, 0) is 30.4 Å². The van der Waals surface area contributed by atoms with Crippen LogP contribution >= 0.6 is 0 Å². The molecule has 4 nitrogen and oxygen atoms in total. The van der Waals surface area contributed by atoms with Crippen molar-refractivity contribution < 1.29 is 4.92 Å². The number of non-ortho nitro benzene ring substituents is 1. The van der Waals surface area contributed by atoms with Gasteiger partial charge in [0.1, 0.15) is 0 Å². The van der Waals surface area contributed by atoms with Crippen LogP contribution in [-0.4, -0.2) is 11.5 Å². The molecule has 0 atom stereocenters. The number of hydrogen-bond acceptors (Lipinski definition) is 3. The summed E-state index contributed by atoms with van der Waals surface area (Å²) in [5, 5.41) is 14.2. The lowest BCUT2D eigenvalue weighted by molar-refractivity contribution is -0.385. The Balaban J connectivity index is 3.21. The van der Waals surface area contributed by atoms with Gasteiger partial charge in [-0.15, -0.1) is 0 Å². The topological polar surface area (TPSA) is 55.2 Å². The van der Waals surface area contributed by atoms with Crippen LogP contribution in [0.4, 0.5) is 11.4 Å². The van der Waals surface area contributed by atoms with Gasteiger partial charge in [0.2, 0.25) is 0 Å². The lowest BCUT2D eigenvalue weighted by Gasteiger charge is -2.14. The highest BCUT2D eigenvalue weighted by atomic mass is 16.6. The predicted octanol–water partition coefficient (Wildman–Crippen LogP) is 3.54. The zero-order valence-electron chi connectivity index (χ0n) is 10.7. The van der Waals surface area contributed by atoms with Crippen LogP contribution in [0.1, 0.15) is 38.3 Å². The molecule has 0 bridgehead atoms. The second-order valence-electron chi connectivity index (χ2n) is 4.03. The third-order valence-electron chi connectivity index (χ3n) is 2.81. The molecule has 0 aliphatic rings.